The first kappa shape index (κ1) is 13.4. The minimum Gasteiger partial charge on any atom is -0.473 e. The van der Waals surface area contributed by atoms with Crippen molar-refractivity contribution in [1.29, 1.82) is 0 Å². The number of halogens is 1. The summed E-state index contributed by atoms with van der Waals surface area (Å²) >= 11 is 6.13. The Morgan fingerprint density at radius 3 is 2.26 bits per heavy atom. The molecule has 0 aromatic heterocycles. The predicted octanol–water partition coefficient (Wildman–Crippen LogP) is 3.12. The second-order valence-corrected chi connectivity index (χ2v) is 4.70. The van der Waals surface area contributed by atoms with E-state index in [0.717, 1.165) is 0 Å². The summed E-state index contributed by atoms with van der Waals surface area (Å²) < 4.78 is 5.77. The Morgan fingerprint density at radius 2 is 1.68 bits per heavy atom. The molecule has 98 valence electrons. The van der Waals surface area contributed by atoms with Crippen LogP contribution in [-0.2, 0) is 10.4 Å². The fraction of sp³-hybridized carbons (Fsp3) is 0.133. The van der Waals surface area contributed by atoms with Crippen molar-refractivity contribution in [2.75, 3.05) is 0 Å². The maximum absolute atomic E-state index is 11.8. The average Bonchev–Trinajstić information content (AvgIpc) is 2.40. The SMILES string of the molecule is CC(Oc1ccccc1)(C(N)=O)c1ccccc1Cl. The van der Waals surface area contributed by atoms with Gasteiger partial charge in [0.15, 0.2) is 0 Å². The van der Waals surface area contributed by atoms with Gasteiger partial charge >= 0.3 is 0 Å². The highest BCUT2D eigenvalue weighted by Crippen LogP contribution is 2.32. The van der Waals surface area contributed by atoms with Gasteiger partial charge in [0.1, 0.15) is 5.75 Å². The second kappa shape index (κ2) is 5.33. The van der Waals surface area contributed by atoms with E-state index in [2.05, 4.69) is 0 Å². The molecule has 0 radical (unpaired) electrons. The highest BCUT2D eigenvalue weighted by molar-refractivity contribution is 6.31. The molecule has 2 aromatic carbocycles. The smallest absolute Gasteiger partial charge is 0.266 e. The maximum atomic E-state index is 11.8. The van der Waals surface area contributed by atoms with Crippen molar-refractivity contribution in [3.63, 3.8) is 0 Å². The zero-order chi connectivity index (χ0) is 13.9. The molecule has 0 saturated heterocycles. The van der Waals surface area contributed by atoms with Crippen LogP contribution in [0.3, 0.4) is 0 Å². The highest BCUT2D eigenvalue weighted by Gasteiger charge is 2.37. The Balaban J connectivity index is 2.45. The molecule has 0 aliphatic heterocycles. The normalized spacial score (nSPS) is 13.6. The lowest BCUT2D eigenvalue weighted by atomic mass is 9.94. The fourth-order valence-corrected chi connectivity index (χ4v) is 2.13. The van der Waals surface area contributed by atoms with Crippen LogP contribution in [0.2, 0.25) is 5.02 Å². The van der Waals surface area contributed by atoms with Gasteiger partial charge in [0.05, 0.1) is 0 Å². The van der Waals surface area contributed by atoms with Crippen LogP contribution in [-0.4, -0.2) is 5.91 Å². The summed E-state index contributed by atoms with van der Waals surface area (Å²) in [5.74, 6) is -0.0341. The largest absolute Gasteiger partial charge is 0.473 e. The lowest BCUT2D eigenvalue weighted by Crippen LogP contribution is -2.43. The number of rotatable bonds is 4. The minimum atomic E-state index is -1.31. The van der Waals surface area contributed by atoms with Crippen LogP contribution in [0.4, 0.5) is 0 Å². The molecular formula is C15H14ClNO2. The number of hydrogen-bond acceptors (Lipinski definition) is 2. The van der Waals surface area contributed by atoms with E-state index in [0.29, 0.717) is 16.3 Å². The Hall–Kier alpha value is -2.00. The second-order valence-electron chi connectivity index (χ2n) is 4.29. The third-order valence-electron chi connectivity index (χ3n) is 2.92. The summed E-state index contributed by atoms with van der Waals surface area (Å²) in [4.78, 5) is 11.8. The molecule has 0 bridgehead atoms. The van der Waals surface area contributed by atoms with Crippen LogP contribution in [0.1, 0.15) is 12.5 Å². The summed E-state index contributed by atoms with van der Waals surface area (Å²) in [6, 6.07) is 16.0. The molecule has 1 amide bonds. The van der Waals surface area contributed by atoms with Crippen LogP contribution in [0.15, 0.2) is 54.6 Å². The van der Waals surface area contributed by atoms with Gasteiger partial charge in [-0.1, -0.05) is 48.0 Å². The molecule has 0 fully saturated rings. The number of hydrogen-bond donors (Lipinski definition) is 1. The summed E-state index contributed by atoms with van der Waals surface area (Å²) in [5, 5.41) is 0.444. The van der Waals surface area contributed by atoms with Crippen molar-refractivity contribution >= 4 is 17.5 Å². The van der Waals surface area contributed by atoms with Crippen molar-refractivity contribution in [1.82, 2.24) is 0 Å². The van der Waals surface area contributed by atoms with E-state index in [4.69, 9.17) is 22.1 Å². The van der Waals surface area contributed by atoms with E-state index in [1.54, 1.807) is 43.3 Å². The highest BCUT2D eigenvalue weighted by atomic mass is 35.5. The van der Waals surface area contributed by atoms with Crippen LogP contribution in [0.25, 0.3) is 0 Å². The molecular weight excluding hydrogens is 262 g/mol. The molecule has 0 heterocycles. The van der Waals surface area contributed by atoms with E-state index in [1.807, 2.05) is 18.2 Å². The quantitative estimate of drug-likeness (QED) is 0.932. The van der Waals surface area contributed by atoms with Crippen molar-refractivity contribution in [2.45, 2.75) is 12.5 Å². The molecule has 1 atom stereocenters. The van der Waals surface area contributed by atoms with E-state index in [1.165, 1.54) is 0 Å². The number of nitrogens with two attached hydrogens (primary N) is 1. The van der Waals surface area contributed by atoms with Gasteiger partial charge in [-0.2, -0.15) is 0 Å². The van der Waals surface area contributed by atoms with Crippen LogP contribution in [0, 0.1) is 0 Å². The summed E-state index contributed by atoms with van der Waals surface area (Å²) in [6.07, 6.45) is 0. The fourth-order valence-electron chi connectivity index (χ4n) is 1.81. The van der Waals surface area contributed by atoms with Crippen molar-refractivity contribution in [2.24, 2.45) is 5.73 Å². The van der Waals surface area contributed by atoms with E-state index < -0.39 is 11.5 Å². The molecule has 4 heteroatoms. The number of amides is 1. The van der Waals surface area contributed by atoms with Crippen LogP contribution in [0.5, 0.6) is 5.75 Å². The van der Waals surface area contributed by atoms with Gasteiger partial charge in [0, 0.05) is 10.6 Å². The Morgan fingerprint density at radius 1 is 1.11 bits per heavy atom. The molecule has 19 heavy (non-hydrogen) atoms. The van der Waals surface area contributed by atoms with Gasteiger partial charge in [-0.3, -0.25) is 4.79 Å². The molecule has 2 N–H and O–H groups in total. The molecule has 3 nitrogen and oxygen atoms in total. The standard InChI is InChI=1S/C15H14ClNO2/c1-15(14(17)18,12-9-5-6-10-13(12)16)19-11-7-3-2-4-8-11/h2-10H,1H3,(H2,17,18). The summed E-state index contributed by atoms with van der Waals surface area (Å²) in [6.45, 7) is 1.61. The van der Waals surface area contributed by atoms with Crippen molar-refractivity contribution in [3.05, 3.63) is 65.2 Å². The molecule has 0 saturated carbocycles. The Labute approximate surface area is 117 Å². The number of primary amides is 1. The van der Waals surface area contributed by atoms with E-state index in [9.17, 15) is 4.79 Å². The first-order valence-electron chi connectivity index (χ1n) is 5.83. The van der Waals surface area contributed by atoms with E-state index >= 15 is 0 Å². The topological polar surface area (TPSA) is 52.3 Å². The average molecular weight is 276 g/mol. The Kier molecular flexibility index (Phi) is 3.76. The number of benzene rings is 2. The first-order chi connectivity index (χ1) is 9.04. The molecule has 2 aromatic rings. The van der Waals surface area contributed by atoms with Crippen molar-refractivity contribution < 1.29 is 9.53 Å². The van der Waals surface area contributed by atoms with Gasteiger partial charge < -0.3 is 10.5 Å². The molecule has 0 spiro atoms. The maximum Gasteiger partial charge on any atom is 0.266 e. The zero-order valence-corrected chi connectivity index (χ0v) is 11.2. The van der Waals surface area contributed by atoms with Crippen molar-refractivity contribution in [3.8, 4) is 5.75 Å². The van der Waals surface area contributed by atoms with Crippen LogP contribution >= 0.6 is 11.6 Å². The minimum absolute atomic E-state index is 0.444. The van der Waals surface area contributed by atoms with E-state index in [-0.39, 0.29) is 0 Å². The predicted molar refractivity (Wildman–Crippen MR) is 75.1 cm³/mol. The van der Waals surface area contributed by atoms with Gasteiger partial charge in [0.25, 0.3) is 5.91 Å². The van der Waals surface area contributed by atoms with Gasteiger partial charge in [0.2, 0.25) is 5.60 Å². The van der Waals surface area contributed by atoms with Gasteiger partial charge in [-0.15, -0.1) is 0 Å². The molecule has 2 rings (SSSR count). The number of para-hydroxylation sites is 1. The zero-order valence-electron chi connectivity index (χ0n) is 10.5. The monoisotopic (exact) mass is 275 g/mol. The molecule has 0 aliphatic rings. The molecule has 1 unspecified atom stereocenters. The lowest BCUT2D eigenvalue weighted by Gasteiger charge is -2.28. The third-order valence-corrected chi connectivity index (χ3v) is 3.25. The summed E-state index contributed by atoms with van der Waals surface area (Å²) in [5.41, 5.74) is 4.74. The summed E-state index contributed by atoms with van der Waals surface area (Å²) in [7, 11) is 0. The number of carbonyl (C=O) groups is 1. The lowest BCUT2D eigenvalue weighted by molar-refractivity contribution is -0.132. The van der Waals surface area contributed by atoms with Gasteiger partial charge in [-0.25, -0.2) is 0 Å². The molecule has 0 aliphatic carbocycles. The van der Waals surface area contributed by atoms with Crippen LogP contribution < -0.4 is 10.5 Å². The third kappa shape index (κ3) is 2.71. The Bertz CT molecular complexity index is 586. The van der Waals surface area contributed by atoms with Gasteiger partial charge in [-0.05, 0) is 25.1 Å². The first-order valence-corrected chi connectivity index (χ1v) is 6.21. The number of carbonyl (C=O) groups excluding carboxylic acids is 1. The number of ether oxygens (including phenoxy) is 1.